The van der Waals surface area contributed by atoms with Crippen molar-refractivity contribution in [1.29, 1.82) is 0 Å². The highest BCUT2D eigenvalue weighted by atomic mass is 19.1. The van der Waals surface area contributed by atoms with Crippen LogP contribution in [0.15, 0.2) is 0 Å². The first kappa shape index (κ1) is 10.4. The number of alkyl halides is 1. The van der Waals surface area contributed by atoms with Gasteiger partial charge in [0.1, 0.15) is 6.17 Å². The van der Waals surface area contributed by atoms with Crippen LogP contribution >= 0.6 is 0 Å². The molecule has 0 aromatic heterocycles. The summed E-state index contributed by atoms with van der Waals surface area (Å²) in [4.78, 5) is 0. The Kier molecular flexibility index (Phi) is 2.83. The van der Waals surface area contributed by atoms with E-state index in [0.717, 1.165) is 19.3 Å². The Bertz CT molecular complexity index is 202. The van der Waals surface area contributed by atoms with E-state index in [1.807, 2.05) is 0 Å². The Hall–Kier alpha value is -0.110. The van der Waals surface area contributed by atoms with E-state index in [1.165, 1.54) is 19.3 Å². The summed E-state index contributed by atoms with van der Waals surface area (Å²) in [7, 11) is 0. The molecule has 2 aliphatic carbocycles. The molecule has 0 aromatic carbocycles. The molecule has 0 bridgehead atoms. The molecular weight excluding hydrogens is 177 g/mol. The molecule has 1 nitrogen and oxygen atoms in total. The Balaban J connectivity index is 1.84. The topological polar surface area (TPSA) is 12.0 Å². The molecule has 2 aliphatic rings. The van der Waals surface area contributed by atoms with Crippen molar-refractivity contribution < 1.29 is 4.39 Å². The van der Waals surface area contributed by atoms with E-state index in [2.05, 4.69) is 19.2 Å². The third-order valence-electron chi connectivity index (χ3n) is 4.12. The fourth-order valence-corrected chi connectivity index (χ4v) is 2.71. The second-order valence-corrected chi connectivity index (χ2v) is 5.65. The molecule has 0 aromatic rings. The number of hydrogen-bond acceptors (Lipinski definition) is 1. The highest BCUT2D eigenvalue weighted by Gasteiger charge is 2.40. The smallest absolute Gasteiger partial charge is 0.115 e. The van der Waals surface area contributed by atoms with Gasteiger partial charge in [-0.3, -0.25) is 0 Å². The zero-order chi connectivity index (χ0) is 10.2. The lowest BCUT2D eigenvalue weighted by Crippen LogP contribution is -2.56. The van der Waals surface area contributed by atoms with Gasteiger partial charge in [0, 0.05) is 12.1 Å². The molecule has 2 saturated carbocycles. The van der Waals surface area contributed by atoms with Crippen molar-refractivity contribution in [2.45, 2.75) is 70.6 Å². The van der Waals surface area contributed by atoms with E-state index in [0.29, 0.717) is 11.5 Å². The first-order valence-corrected chi connectivity index (χ1v) is 6.00. The predicted molar refractivity (Wildman–Crippen MR) is 57.1 cm³/mol. The van der Waals surface area contributed by atoms with Crippen molar-refractivity contribution in [3.63, 3.8) is 0 Å². The summed E-state index contributed by atoms with van der Waals surface area (Å²) in [6.45, 7) is 4.56. The van der Waals surface area contributed by atoms with Crippen LogP contribution in [0.4, 0.5) is 4.39 Å². The second kappa shape index (κ2) is 3.80. The molecule has 1 unspecified atom stereocenters. The van der Waals surface area contributed by atoms with Crippen LogP contribution in [0.25, 0.3) is 0 Å². The van der Waals surface area contributed by atoms with Crippen LogP contribution < -0.4 is 5.32 Å². The van der Waals surface area contributed by atoms with Gasteiger partial charge >= 0.3 is 0 Å². The number of nitrogens with one attached hydrogen (secondary N) is 1. The van der Waals surface area contributed by atoms with E-state index >= 15 is 0 Å². The van der Waals surface area contributed by atoms with Gasteiger partial charge in [0.25, 0.3) is 0 Å². The largest absolute Gasteiger partial charge is 0.308 e. The highest BCUT2D eigenvalue weighted by molar-refractivity contribution is 4.97. The fourth-order valence-electron chi connectivity index (χ4n) is 2.71. The molecule has 0 heterocycles. The van der Waals surface area contributed by atoms with E-state index in [1.54, 1.807) is 0 Å². The van der Waals surface area contributed by atoms with Gasteiger partial charge in [-0.2, -0.15) is 0 Å². The summed E-state index contributed by atoms with van der Waals surface area (Å²) in [6, 6.07) is 0.706. The zero-order valence-electron chi connectivity index (χ0n) is 9.35. The van der Waals surface area contributed by atoms with Crippen LogP contribution in [0.1, 0.15) is 52.4 Å². The summed E-state index contributed by atoms with van der Waals surface area (Å²) in [5.41, 5.74) is 0.400. The monoisotopic (exact) mass is 199 g/mol. The average molecular weight is 199 g/mol. The van der Waals surface area contributed by atoms with Gasteiger partial charge in [-0.15, -0.1) is 0 Å². The van der Waals surface area contributed by atoms with E-state index in [-0.39, 0.29) is 6.04 Å². The molecule has 0 aliphatic heterocycles. The normalized spacial score (nSPS) is 41.8. The third kappa shape index (κ3) is 1.95. The molecule has 1 N–H and O–H groups in total. The highest BCUT2D eigenvalue weighted by Crippen LogP contribution is 2.41. The molecule has 82 valence electrons. The predicted octanol–water partition coefficient (Wildman–Crippen LogP) is 3.05. The fraction of sp³-hybridized carbons (Fsp3) is 1.00. The molecule has 0 spiro atoms. The molecule has 0 amide bonds. The number of rotatable bonds is 2. The maximum atomic E-state index is 13.6. The molecule has 2 rings (SSSR count). The van der Waals surface area contributed by atoms with Crippen LogP contribution in [0.3, 0.4) is 0 Å². The molecule has 3 atom stereocenters. The minimum absolute atomic E-state index is 0.147. The molecule has 14 heavy (non-hydrogen) atoms. The van der Waals surface area contributed by atoms with Gasteiger partial charge in [0.2, 0.25) is 0 Å². The lowest BCUT2D eigenvalue weighted by atomic mass is 9.67. The van der Waals surface area contributed by atoms with Crippen LogP contribution in [-0.2, 0) is 0 Å². The van der Waals surface area contributed by atoms with Crippen LogP contribution in [-0.4, -0.2) is 18.3 Å². The Labute approximate surface area is 86.5 Å². The standard InChI is InChI=1S/C12H22FN/c1-12(2)8-7-11(12)14-10-6-4-3-5-9(10)13/h9-11,14H,3-8H2,1-2H3/t9-,10-,11?/m1/s1. The van der Waals surface area contributed by atoms with Gasteiger partial charge in [-0.1, -0.05) is 26.7 Å². The molecule has 0 radical (unpaired) electrons. The van der Waals surface area contributed by atoms with Crippen molar-refractivity contribution in [3.8, 4) is 0 Å². The van der Waals surface area contributed by atoms with Gasteiger partial charge in [-0.25, -0.2) is 4.39 Å². The summed E-state index contributed by atoms with van der Waals surface area (Å²) in [5.74, 6) is 0. The quantitative estimate of drug-likeness (QED) is 0.720. The minimum Gasteiger partial charge on any atom is -0.308 e. The SMILES string of the molecule is CC1(C)CCC1N[C@@H]1CCCC[C@H]1F. The summed E-state index contributed by atoms with van der Waals surface area (Å²) < 4.78 is 13.6. The Morgan fingerprint density at radius 2 is 1.86 bits per heavy atom. The Morgan fingerprint density at radius 3 is 2.36 bits per heavy atom. The number of halogens is 1. The molecule has 2 fully saturated rings. The van der Waals surface area contributed by atoms with Crippen LogP contribution in [0, 0.1) is 5.41 Å². The zero-order valence-corrected chi connectivity index (χ0v) is 9.35. The lowest BCUT2D eigenvalue weighted by Gasteiger charge is -2.47. The van der Waals surface area contributed by atoms with Crippen molar-refractivity contribution in [3.05, 3.63) is 0 Å². The van der Waals surface area contributed by atoms with Gasteiger partial charge in [0.15, 0.2) is 0 Å². The maximum absolute atomic E-state index is 13.6. The van der Waals surface area contributed by atoms with Gasteiger partial charge < -0.3 is 5.32 Å². The summed E-state index contributed by atoms with van der Waals surface area (Å²) in [5, 5.41) is 3.52. The summed E-state index contributed by atoms with van der Waals surface area (Å²) in [6.07, 6.45) is 6.00. The average Bonchev–Trinajstić information content (AvgIpc) is 2.15. The third-order valence-corrected chi connectivity index (χ3v) is 4.12. The molecule has 2 heteroatoms. The summed E-state index contributed by atoms with van der Waals surface area (Å²) >= 11 is 0. The first-order valence-electron chi connectivity index (χ1n) is 6.00. The molecular formula is C12H22FN. The van der Waals surface area contributed by atoms with E-state index in [4.69, 9.17) is 0 Å². The van der Waals surface area contributed by atoms with Crippen LogP contribution in [0.5, 0.6) is 0 Å². The van der Waals surface area contributed by atoms with Gasteiger partial charge in [-0.05, 0) is 31.1 Å². The van der Waals surface area contributed by atoms with Gasteiger partial charge in [0.05, 0.1) is 0 Å². The van der Waals surface area contributed by atoms with Crippen molar-refractivity contribution >= 4 is 0 Å². The van der Waals surface area contributed by atoms with Crippen molar-refractivity contribution in [2.24, 2.45) is 5.41 Å². The minimum atomic E-state index is -0.597. The second-order valence-electron chi connectivity index (χ2n) is 5.65. The lowest BCUT2D eigenvalue weighted by molar-refractivity contribution is 0.0702. The molecule has 0 saturated heterocycles. The van der Waals surface area contributed by atoms with E-state index < -0.39 is 6.17 Å². The van der Waals surface area contributed by atoms with E-state index in [9.17, 15) is 4.39 Å². The van der Waals surface area contributed by atoms with Crippen molar-refractivity contribution in [1.82, 2.24) is 5.32 Å². The van der Waals surface area contributed by atoms with Crippen LogP contribution in [0.2, 0.25) is 0 Å². The first-order chi connectivity index (χ1) is 6.59. The maximum Gasteiger partial charge on any atom is 0.115 e. The van der Waals surface area contributed by atoms with Crippen molar-refractivity contribution in [2.75, 3.05) is 0 Å². The number of hydrogen-bond donors (Lipinski definition) is 1. The Morgan fingerprint density at radius 1 is 1.14 bits per heavy atom.